The van der Waals surface area contributed by atoms with Crippen LogP contribution >= 0.6 is 0 Å². The molecule has 164 valence electrons. The summed E-state index contributed by atoms with van der Waals surface area (Å²) in [5.41, 5.74) is 3.03. The van der Waals surface area contributed by atoms with Gasteiger partial charge in [0.2, 0.25) is 0 Å². The zero-order chi connectivity index (χ0) is 21.9. The van der Waals surface area contributed by atoms with Crippen LogP contribution in [0.15, 0.2) is 89.8 Å². The van der Waals surface area contributed by atoms with Gasteiger partial charge < -0.3 is 5.32 Å². The van der Waals surface area contributed by atoms with Crippen molar-refractivity contribution in [2.75, 3.05) is 6.54 Å². The highest BCUT2D eigenvalue weighted by Crippen LogP contribution is 2.32. The highest BCUT2D eigenvalue weighted by molar-refractivity contribution is 7.91. The van der Waals surface area contributed by atoms with Crippen LogP contribution in [0.4, 0.5) is 0 Å². The van der Waals surface area contributed by atoms with Gasteiger partial charge in [-0.15, -0.1) is 0 Å². The molecule has 0 saturated heterocycles. The molecule has 0 saturated carbocycles. The molecule has 3 aromatic carbocycles. The fourth-order valence-corrected chi connectivity index (χ4v) is 5.56. The minimum absolute atomic E-state index is 0.369. The fraction of sp³-hybridized carbons (Fsp3) is 0.333. The van der Waals surface area contributed by atoms with Crippen molar-refractivity contribution >= 4 is 9.84 Å². The molecule has 0 amide bonds. The number of unbranched alkanes of at least 4 members (excludes halogenated alkanes) is 3. The molecule has 0 spiro atoms. The van der Waals surface area contributed by atoms with E-state index in [1.807, 2.05) is 60.7 Å². The molecule has 1 unspecified atom stereocenters. The quantitative estimate of drug-likeness (QED) is 0.349. The predicted molar refractivity (Wildman–Crippen MR) is 129 cm³/mol. The summed E-state index contributed by atoms with van der Waals surface area (Å²) in [6.07, 6.45) is 5.45. The summed E-state index contributed by atoms with van der Waals surface area (Å²) in [6.45, 7) is 4.04. The molecule has 0 aromatic heterocycles. The van der Waals surface area contributed by atoms with Crippen molar-refractivity contribution in [3.63, 3.8) is 0 Å². The van der Waals surface area contributed by atoms with E-state index in [9.17, 15) is 8.42 Å². The van der Waals surface area contributed by atoms with Crippen molar-refractivity contribution in [3.8, 4) is 0 Å². The number of benzene rings is 3. The van der Waals surface area contributed by atoms with Gasteiger partial charge in [-0.25, -0.2) is 8.42 Å². The molecule has 0 aliphatic rings. The van der Waals surface area contributed by atoms with E-state index in [-0.39, 0.29) is 0 Å². The van der Waals surface area contributed by atoms with Crippen molar-refractivity contribution < 1.29 is 8.42 Å². The average Bonchev–Trinajstić information content (AvgIpc) is 2.81. The Morgan fingerprint density at radius 3 is 2.03 bits per heavy atom. The lowest BCUT2D eigenvalue weighted by Crippen LogP contribution is -2.17. The Morgan fingerprint density at radius 1 is 0.742 bits per heavy atom. The summed E-state index contributed by atoms with van der Waals surface area (Å²) in [5, 5.41) is 2.87. The largest absolute Gasteiger partial charge is 0.313 e. The number of hydrogen-bond donors (Lipinski definition) is 1. The average molecular weight is 436 g/mol. The lowest BCUT2D eigenvalue weighted by Gasteiger charge is -2.19. The first-order valence-corrected chi connectivity index (χ1v) is 12.8. The molecular formula is C27H33NO2S. The topological polar surface area (TPSA) is 46.2 Å². The van der Waals surface area contributed by atoms with E-state index in [0.717, 1.165) is 24.2 Å². The maximum absolute atomic E-state index is 13.5. The van der Waals surface area contributed by atoms with Crippen molar-refractivity contribution in [1.29, 1.82) is 0 Å². The molecule has 0 fully saturated rings. The van der Waals surface area contributed by atoms with Crippen LogP contribution in [-0.4, -0.2) is 15.0 Å². The van der Waals surface area contributed by atoms with Gasteiger partial charge in [-0.2, -0.15) is 0 Å². The Kier molecular flexibility index (Phi) is 8.86. The van der Waals surface area contributed by atoms with Crippen LogP contribution < -0.4 is 5.32 Å². The molecule has 3 aromatic rings. The van der Waals surface area contributed by atoms with E-state index in [4.69, 9.17) is 0 Å². The molecule has 3 nitrogen and oxygen atoms in total. The summed E-state index contributed by atoms with van der Waals surface area (Å²) < 4.78 is 27.0. The zero-order valence-corrected chi connectivity index (χ0v) is 19.2. The molecule has 0 heterocycles. The SMILES string of the molecule is CCCCCCNCc1ccc(C(Cc2ccccc2)S(=O)(=O)c2ccccc2)cc1. The van der Waals surface area contributed by atoms with Crippen LogP contribution in [-0.2, 0) is 22.8 Å². The molecule has 1 atom stereocenters. The van der Waals surface area contributed by atoms with E-state index in [0.29, 0.717) is 11.3 Å². The Balaban J connectivity index is 1.76. The second-order valence-electron chi connectivity index (χ2n) is 8.02. The van der Waals surface area contributed by atoms with Crippen LogP contribution in [0.5, 0.6) is 0 Å². The number of nitrogens with one attached hydrogen (secondary N) is 1. The molecule has 0 radical (unpaired) electrons. The number of rotatable bonds is 12. The first-order valence-electron chi connectivity index (χ1n) is 11.2. The van der Waals surface area contributed by atoms with Gasteiger partial charge in [-0.3, -0.25) is 0 Å². The van der Waals surface area contributed by atoms with Crippen molar-refractivity contribution in [1.82, 2.24) is 5.32 Å². The van der Waals surface area contributed by atoms with Crippen LogP contribution in [0.3, 0.4) is 0 Å². The molecular weight excluding hydrogens is 402 g/mol. The van der Waals surface area contributed by atoms with E-state index in [1.54, 1.807) is 24.3 Å². The second-order valence-corrected chi connectivity index (χ2v) is 10.1. The summed E-state index contributed by atoms with van der Waals surface area (Å²) >= 11 is 0. The molecule has 3 rings (SSSR count). The minimum atomic E-state index is -3.51. The zero-order valence-electron chi connectivity index (χ0n) is 18.3. The monoisotopic (exact) mass is 435 g/mol. The molecule has 0 aliphatic heterocycles. The standard InChI is InChI=1S/C27H33NO2S/c1-2-3-4-11-20-28-22-24-16-18-25(19-17-24)27(21-23-12-7-5-8-13-23)31(29,30)26-14-9-6-10-15-26/h5-10,12-19,27-28H,2-4,11,20-22H2,1H3. The summed E-state index contributed by atoms with van der Waals surface area (Å²) in [5.74, 6) is 0. The first kappa shape index (κ1) is 23.2. The van der Waals surface area contributed by atoms with Crippen molar-refractivity contribution in [2.24, 2.45) is 0 Å². The van der Waals surface area contributed by atoms with E-state index < -0.39 is 15.1 Å². The molecule has 4 heteroatoms. The Labute approximate surface area is 187 Å². The highest BCUT2D eigenvalue weighted by Gasteiger charge is 2.29. The maximum atomic E-state index is 13.5. The lowest BCUT2D eigenvalue weighted by molar-refractivity contribution is 0.580. The Morgan fingerprint density at radius 2 is 1.39 bits per heavy atom. The van der Waals surface area contributed by atoms with Gasteiger partial charge in [0.15, 0.2) is 9.84 Å². The Bertz CT molecular complexity index is 1000. The predicted octanol–water partition coefficient (Wildman–Crippen LogP) is 6.11. The van der Waals surface area contributed by atoms with Crippen LogP contribution in [0.2, 0.25) is 0 Å². The lowest BCUT2D eigenvalue weighted by atomic mass is 10.0. The Hall–Kier alpha value is -2.43. The molecule has 31 heavy (non-hydrogen) atoms. The van der Waals surface area contributed by atoms with Gasteiger partial charge in [0.1, 0.15) is 0 Å². The minimum Gasteiger partial charge on any atom is -0.313 e. The smallest absolute Gasteiger partial charge is 0.185 e. The highest BCUT2D eigenvalue weighted by atomic mass is 32.2. The fourth-order valence-electron chi connectivity index (χ4n) is 3.77. The third-order valence-electron chi connectivity index (χ3n) is 5.60. The van der Waals surface area contributed by atoms with E-state index >= 15 is 0 Å². The second kappa shape index (κ2) is 11.8. The third kappa shape index (κ3) is 6.78. The van der Waals surface area contributed by atoms with Gasteiger partial charge in [-0.05, 0) is 48.2 Å². The van der Waals surface area contributed by atoms with Crippen LogP contribution in [0, 0.1) is 0 Å². The number of sulfone groups is 1. The summed E-state index contributed by atoms with van der Waals surface area (Å²) in [7, 11) is -3.51. The third-order valence-corrected chi connectivity index (χ3v) is 7.72. The normalized spacial score (nSPS) is 12.5. The van der Waals surface area contributed by atoms with Gasteiger partial charge in [0.25, 0.3) is 0 Å². The van der Waals surface area contributed by atoms with Crippen LogP contribution in [0.25, 0.3) is 0 Å². The van der Waals surface area contributed by atoms with E-state index in [2.05, 4.69) is 12.2 Å². The summed E-state index contributed by atoms with van der Waals surface area (Å²) in [4.78, 5) is 0.369. The van der Waals surface area contributed by atoms with Gasteiger partial charge in [-0.1, -0.05) is 99.0 Å². The summed E-state index contributed by atoms with van der Waals surface area (Å²) in [6, 6.07) is 26.7. The van der Waals surface area contributed by atoms with Gasteiger partial charge in [0.05, 0.1) is 10.1 Å². The first-order chi connectivity index (χ1) is 15.1. The van der Waals surface area contributed by atoms with Gasteiger partial charge >= 0.3 is 0 Å². The van der Waals surface area contributed by atoms with Crippen molar-refractivity contribution in [3.05, 3.63) is 102 Å². The molecule has 0 bridgehead atoms. The van der Waals surface area contributed by atoms with E-state index in [1.165, 1.54) is 31.2 Å². The molecule has 0 aliphatic carbocycles. The van der Waals surface area contributed by atoms with Crippen LogP contribution in [0.1, 0.15) is 54.5 Å². The number of hydrogen-bond acceptors (Lipinski definition) is 3. The van der Waals surface area contributed by atoms with Gasteiger partial charge in [0, 0.05) is 6.54 Å². The van der Waals surface area contributed by atoms with Crippen molar-refractivity contribution in [2.45, 2.75) is 55.7 Å². The molecule has 1 N–H and O–H groups in total. The maximum Gasteiger partial charge on any atom is 0.185 e.